The Labute approximate surface area is 79.0 Å². The van der Waals surface area contributed by atoms with Crippen LogP contribution in [-0.2, 0) is 0 Å². The second kappa shape index (κ2) is 4.16. The molecule has 0 spiro atoms. The third kappa shape index (κ3) is 2.37. The monoisotopic (exact) mass is 180 g/mol. The van der Waals surface area contributed by atoms with Crippen LogP contribution >= 0.6 is 0 Å². The summed E-state index contributed by atoms with van der Waals surface area (Å²) in [5.74, 6) is 0.750. The van der Waals surface area contributed by atoms with Gasteiger partial charge in [0.2, 0.25) is 5.95 Å². The van der Waals surface area contributed by atoms with Crippen LogP contribution in [0, 0.1) is 0 Å². The molecule has 13 heavy (non-hydrogen) atoms. The molecule has 0 bridgehead atoms. The minimum atomic E-state index is 0.405. The number of nitrogens with zero attached hydrogens (tertiary/aromatic N) is 4. The number of rotatable bonds is 3. The lowest BCUT2D eigenvalue weighted by molar-refractivity contribution is 0.589. The van der Waals surface area contributed by atoms with Crippen molar-refractivity contribution in [1.82, 2.24) is 15.0 Å². The lowest BCUT2D eigenvalue weighted by Gasteiger charge is -2.30. The molecule has 0 atom stereocenters. The zero-order valence-corrected chi connectivity index (χ0v) is 8.60. The van der Waals surface area contributed by atoms with E-state index in [0.717, 1.165) is 5.95 Å². The molecule has 0 N–H and O–H groups in total. The van der Waals surface area contributed by atoms with Crippen molar-refractivity contribution in [3.63, 3.8) is 0 Å². The normalized spacial score (nSPS) is 10.9. The number of anilines is 1. The summed E-state index contributed by atoms with van der Waals surface area (Å²) in [6, 6.07) is 0.810. The standard InChI is InChI=1S/C9H16N4/c1-7(2)13(8(3)4)9-11-5-10-6-12-9/h5-8H,1-4H3. The van der Waals surface area contributed by atoms with Gasteiger partial charge in [0.1, 0.15) is 12.7 Å². The highest BCUT2D eigenvalue weighted by Crippen LogP contribution is 2.12. The molecule has 0 aliphatic heterocycles. The Morgan fingerprint density at radius 3 is 1.85 bits per heavy atom. The third-order valence-electron chi connectivity index (χ3n) is 1.82. The van der Waals surface area contributed by atoms with Gasteiger partial charge in [-0.15, -0.1) is 0 Å². The first-order chi connectivity index (χ1) is 6.13. The van der Waals surface area contributed by atoms with Crippen molar-refractivity contribution in [2.45, 2.75) is 39.8 Å². The van der Waals surface area contributed by atoms with Gasteiger partial charge < -0.3 is 4.90 Å². The Kier molecular flexibility index (Phi) is 3.17. The van der Waals surface area contributed by atoms with Gasteiger partial charge in [0.05, 0.1) is 0 Å². The fourth-order valence-corrected chi connectivity index (χ4v) is 1.42. The molecule has 0 saturated heterocycles. The minimum Gasteiger partial charge on any atom is -0.336 e. The minimum absolute atomic E-state index is 0.405. The van der Waals surface area contributed by atoms with Gasteiger partial charge in [-0.05, 0) is 27.7 Å². The molecule has 0 amide bonds. The van der Waals surface area contributed by atoms with Gasteiger partial charge in [0, 0.05) is 12.1 Å². The quantitative estimate of drug-likeness (QED) is 0.706. The summed E-state index contributed by atoms with van der Waals surface area (Å²) in [7, 11) is 0. The lowest BCUT2D eigenvalue weighted by Crippen LogP contribution is -2.38. The van der Waals surface area contributed by atoms with Crippen molar-refractivity contribution >= 4 is 5.95 Å². The Balaban J connectivity index is 2.89. The second-order valence-corrected chi connectivity index (χ2v) is 3.53. The summed E-state index contributed by atoms with van der Waals surface area (Å²) in [6.45, 7) is 8.52. The molecular weight excluding hydrogens is 164 g/mol. The van der Waals surface area contributed by atoms with Crippen molar-refractivity contribution in [2.24, 2.45) is 0 Å². The van der Waals surface area contributed by atoms with Crippen LogP contribution in [0.2, 0.25) is 0 Å². The van der Waals surface area contributed by atoms with Crippen LogP contribution in [0.1, 0.15) is 27.7 Å². The van der Waals surface area contributed by atoms with Gasteiger partial charge in [-0.2, -0.15) is 0 Å². The molecule has 0 aromatic carbocycles. The maximum atomic E-state index is 4.13. The van der Waals surface area contributed by atoms with Gasteiger partial charge in [0.15, 0.2) is 0 Å². The molecule has 0 saturated carbocycles. The molecule has 1 rings (SSSR count). The van der Waals surface area contributed by atoms with Crippen molar-refractivity contribution in [1.29, 1.82) is 0 Å². The lowest BCUT2D eigenvalue weighted by atomic mass is 10.2. The van der Waals surface area contributed by atoms with E-state index in [9.17, 15) is 0 Å². The Bertz CT molecular complexity index is 237. The maximum Gasteiger partial charge on any atom is 0.228 e. The van der Waals surface area contributed by atoms with E-state index in [0.29, 0.717) is 12.1 Å². The predicted molar refractivity (Wildman–Crippen MR) is 52.6 cm³/mol. The molecule has 0 radical (unpaired) electrons. The highest BCUT2D eigenvalue weighted by molar-refractivity contribution is 5.30. The highest BCUT2D eigenvalue weighted by atomic mass is 15.3. The van der Waals surface area contributed by atoms with Gasteiger partial charge in [-0.3, -0.25) is 0 Å². The molecule has 0 fully saturated rings. The SMILES string of the molecule is CC(C)N(c1ncncn1)C(C)C. The van der Waals surface area contributed by atoms with Gasteiger partial charge in [0.25, 0.3) is 0 Å². The van der Waals surface area contributed by atoms with E-state index in [1.165, 1.54) is 12.7 Å². The van der Waals surface area contributed by atoms with Crippen molar-refractivity contribution in [3.8, 4) is 0 Å². The Hall–Kier alpha value is -1.19. The van der Waals surface area contributed by atoms with E-state index in [2.05, 4.69) is 47.5 Å². The molecule has 1 aromatic rings. The third-order valence-corrected chi connectivity index (χ3v) is 1.82. The Morgan fingerprint density at radius 1 is 1.00 bits per heavy atom. The summed E-state index contributed by atoms with van der Waals surface area (Å²) >= 11 is 0. The van der Waals surface area contributed by atoms with Crippen LogP contribution in [0.3, 0.4) is 0 Å². The van der Waals surface area contributed by atoms with Crippen molar-refractivity contribution in [3.05, 3.63) is 12.7 Å². The van der Waals surface area contributed by atoms with Crippen LogP contribution in [0.15, 0.2) is 12.7 Å². The van der Waals surface area contributed by atoms with Gasteiger partial charge >= 0.3 is 0 Å². The molecule has 1 aromatic heterocycles. The average Bonchev–Trinajstić information content (AvgIpc) is 2.04. The van der Waals surface area contributed by atoms with Gasteiger partial charge in [-0.25, -0.2) is 15.0 Å². The first-order valence-corrected chi connectivity index (χ1v) is 4.53. The highest BCUT2D eigenvalue weighted by Gasteiger charge is 2.15. The predicted octanol–water partition coefficient (Wildman–Crippen LogP) is 1.49. The summed E-state index contributed by atoms with van der Waals surface area (Å²) in [5.41, 5.74) is 0. The molecule has 72 valence electrons. The number of hydrogen-bond acceptors (Lipinski definition) is 4. The Morgan fingerprint density at radius 2 is 1.46 bits per heavy atom. The van der Waals surface area contributed by atoms with Crippen LogP contribution in [0.5, 0.6) is 0 Å². The van der Waals surface area contributed by atoms with Gasteiger partial charge in [-0.1, -0.05) is 0 Å². The number of hydrogen-bond donors (Lipinski definition) is 0. The average molecular weight is 180 g/mol. The molecule has 0 aliphatic rings. The first-order valence-electron chi connectivity index (χ1n) is 4.53. The smallest absolute Gasteiger partial charge is 0.228 e. The fourth-order valence-electron chi connectivity index (χ4n) is 1.42. The van der Waals surface area contributed by atoms with Crippen molar-refractivity contribution in [2.75, 3.05) is 4.90 Å². The molecule has 0 aliphatic carbocycles. The van der Waals surface area contributed by atoms with E-state index in [1.54, 1.807) is 0 Å². The molecule has 0 unspecified atom stereocenters. The zero-order valence-electron chi connectivity index (χ0n) is 8.60. The zero-order chi connectivity index (χ0) is 9.84. The van der Waals surface area contributed by atoms with Crippen molar-refractivity contribution < 1.29 is 0 Å². The maximum absolute atomic E-state index is 4.13. The van der Waals surface area contributed by atoms with Crippen LogP contribution in [-0.4, -0.2) is 27.0 Å². The topological polar surface area (TPSA) is 41.9 Å². The van der Waals surface area contributed by atoms with E-state index < -0.39 is 0 Å². The van der Waals surface area contributed by atoms with Crippen LogP contribution in [0.25, 0.3) is 0 Å². The summed E-state index contributed by atoms with van der Waals surface area (Å²) in [4.78, 5) is 14.2. The summed E-state index contributed by atoms with van der Waals surface area (Å²) in [5, 5.41) is 0. The summed E-state index contributed by atoms with van der Waals surface area (Å²) in [6.07, 6.45) is 3.06. The largest absolute Gasteiger partial charge is 0.336 e. The fraction of sp³-hybridized carbons (Fsp3) is 0.667. The van der Waals surface area contributed by atoms with E-state index in [1.807, 2.05) is 0 Å². The summed E-state index contributed by atoms with van der Waals surface area (Å²) < 4.78 is 0. The number of aromatic nitrogens is 3. The molecule has 4 heteroatoms. The second-order valence-electron chi connectivity index (χ2n) is 3.53. The van der Waals surface area contributed by atoms with Crippen LogP contribution in [0.4, 0.5) is 5.95 Å². The van der Waals surface area contributed by atoms with E-state index in [4.69, 9.17) is 0 Å². The van der Waals surface area contributed by atoms with E-state index >= 15 is 0 Å². The first kappa shape index (κ1) is 9.89. The molecule has 1 heterocycles. The van der Waals surface area contributed by atoms with Crippen LogP contribution < -0.4 is 4.90 Å². The van der Waals surface area contributed by atoms with E-state index in [-0.39, 0.29) is 0 Å². The molecule has 4 nitrogen and oxygen atoms in total. The molecular formula is C9H16N4.